The zero-order chi connectivity index (χ0) is 13.6. The number of carbonyl (C=O) groups excluding carboxylic acids is 1. The van der Waals surface area contributed by atoms with Crippen molar-refractivity contribution in [1.82, 2.24) is 5.32 Å². The van der Waals surface area contributed by atoms with Crippen molar-refractivity contribution >= 4 is 21.4 Å². The lowest BCUT2D eigenvalue weighted by Gasteiger charge is -2.07. The van der Waals surface area contributed by atoms with Crippen LogP contribution in [-0.2, 0) is 14.6 Å². The summed E-state index contributed by atoms with van der Waals surface area (Å²) < 4.78 is 23.2. The topological polar surface area (TPSA) is 75.3 Å². The molecule has 18 heavy (non-hydrogen) atoms. The molecule has 0 aliphatic rings. The molecule has 1 aromatic carbocycles. The molecule has 0 atom stereocenters. The summed E-state index contributed by atoms with van der Waals surface area (Å²) in [5.74, 6) is 0.0312. The van der Waals surface area contributed by atoms with Gasteiger partial charge in [-0.05, 0) is 24.3 Å². The molecule has 0 fully saturated rings. The van der Waals surface area contributed by atoms with Crippen molar-refractivity contribution in [3.05, 3.63) is 24.3 Å². The summed E-state index contributed by atoms with van der Waals surface area (Å²) >= 11 is 0. The van der Waals surface area contributed by atoms with E-state index in [1.165, 1.54) is 6.92 Å². The number of rotatable bonds is 6. The van der Waals surface area contributed by atoms with Gasteiger partial charge in [0.25, 0.3) is 0 Å². The van der Waals surface area contributed by atoms with E-state index >= 15 is 0 Å². The van der Waals surface area contributed by atoms with Crippen molar-refractivity contribution in [3.8, 4) is 0 Å². The molecule has 0 heterocycles. The monoisotopic (exact) mass is 270 g/mol. The van der Waals surface area contributed by atoms with Gasteiger partial charge in [-0.25, -0.2) is 8.42 Å². The Morgan fingerprint density at radius 1 is 1.17 bits per heavy atom. The molecule has 0 unspecified atom stereocenters. The van der Waals surface area contributed by atoms with Crippen LogP contribution in [0, 0.1) is 0 Å². The lowest BCUT2D eigenvalue weighted by molar-refractivity contribution is -0.118. The summed E-state index contributed by atoms with van der Waals surface area (Å²) in [4.78, 5) is 11.0. The number of hydrogen-bond donors (Lipinski definition) is 2. The lowest BCUT2D eigenvalue weighted by atomic mass is 10.3. The van der Waals surface area contributed by atoms with Gasteiger partial charge in [0.15, 0.2) is 9.84 Å². The highest BCUT2D eigenvalue weighted by atomic mass is 32.2. The molecule has 0 radical (unpaired) electrons. The van der Waals surface area contributed by atoms with E-state index in [4.69, 9.17) is 0 Å². The van der Waals surface area contributed by atoms with Crippen LogP contribution in [0.15, 0.2) is 29.2 Å². The van der Waals surface area contributed by atoms with E-state index in [1.54, 1.807) is 31.2 Å². The molecular weight excluding hydrogens is 252 g/mol. The van der Waals surface area contributed by atoms with Crippen molar-refractivity contribution in [3.63, 3.8) is 0 Å². The van der Waals surface area contributed by atoms with E-state index in [0.29, 0.717) is 18.0 Å². The van der Waals surface area contributed by atoms with Gasteiger partial charge in [-0.3, -0.25) is 4.79 Å². The van der Waals surface area contributed by atoms with Crippen LogP contribution in [-0.4, -0.2) is 33.2 Å². The third kappa shape index (κ3) is 4.37. The number of sulfone groups is 1. The highest BCUT2D eigenvalue weighted by Gasteiger charge is 2.10. The van der Waals surface area contributed by atoms with Crippen LogP contribution in [0.3, 0.4) is 0 Å². The maximum absolute atomic E-state index is 11.6. The summed E-state index contributed by atoms with van der Waals surface area (Å²) in [5.41, 5.74) is 0.829. The third-order valence-corrected chi connectivity index (χ3v) is 4.17. The van der Waals surface area contributed by atoms with Gasteiger partial charge in [-0.2, -0.15) is 0 Å². The highest BCUT2D eigenvalue weighted by Crippen LogP contribution is 2.14. The Hall–Kier alpha value is -1.56. The average Bonchev–Trinajstić information content (AvgIpc) is 2.35. The molecule has 1 aromatic rings. The molecule has 0 aromatic heterocycles. The van der Waals surface area contributed by atoms with Gasteiger partial charge in [0.2, 0.25) is 5.91 Å². The maximum Gasteiger partial charge on any atom is 0.216 e. The predicted octanol–water partition coefficient (Wildman–Crippen LogP) is 1.03. The van der Waals surface area contributed by atoms with Crippen molar-refractivity contribution in [2.45, 2.75) is 18.7 Å². The number of benzene rings is 1. The summed E-state index contributed by atoms with van der Waals surface area (Å²) in [6, 6.07) is 6.60. The van der Waals surface area contributed by atoms with Crippen LogP contribution >= 0.6 is 0 Å². The number of anilines is 1. The zero-order valence-electron chi connectivity index (χ0n) is 10.6. The molecule has 5 nitrogen and oxygen atoms in total. The van der Waals surface area contributed by atoms with Crippen molar-refractivity contribution < 1.29 is 13.2 Å². The Balaban J connectivity index is 2.53. The van der Waals surface area contributed by atoms with E-state index in [1.807, 2.05) is 0 Å². The van der Waals surface area contributed by atoms with Crippen molar-refractivity contribution in [2.75, 3.05) is 24.2 Å². The minimum Gasteiger partial charge on any atom is -0.383 e. The first-order chi connectivity index (χ1) is 8.45. The van der Waals surface area contributed by atoms with Gasteiger partial charge in [0, 0.05) is 25.7 Å². The molecule has 6 heteroatoms. The van der Waals surface area contributed by atoms with E-state index in [2.05, 4.69) is 10.6 Å². The van der Waals surface area contributed by atoms with Gasteiger partial charge >= 0.3 is 0 Å². The Morgan fingerprint density at radius 3 is 2.28 bits per heavy atom. The van der Waals surface area contributed by atoms with Gasteiger partial charge in [0.05, 0.1) is 10.6 Å². The number of carbonyl (C=O) groups is 1. The maximum atomic E-state index is 11.6. The quantitative estimate of drug-likeness (QED) is 0.757. The molecule has 1 rings (SSSR count). The van der Waals surface area contributed by atoms with E-state index in [0.717, 1.165) is 5.69 Å². The first-order valence-corrected chi connectivity index (χ1v) is 7.42. The molecule has 2 N–H and O–H groups in total. The second-order valence-electron chi connectivity index (χ2n) is 3.84. The lowest BCUT2D eigenvalue weighted by Crippen LogP contribution is -2.26. The van der Waals surface area contributed by atoms with Crippen LogP contribution in [0.5, 0.6) is 0 Å². The summed E-state index contributed by atoms with van der Waals surface area (Å²) in [6.07, 6.45) is 0. The minimum absolute atomic E-state index is 0.0683. The number of amides is 1. The molecule has 0 bridgehead atoms. The molecule has 0 spiro atoms. The van der Waals surface area contributed by atoms with Crippen LogP contribution in [0.4, 0.5) is 5.69 Å². The zero-order valence-corrected chi connectivity index (χ0v) is 11.4. The molecule has 0 aliphatic carbocycles. The molecule has 0 saturated heterocycles. The first-order valence-electron chi connectivity index (χ1n) is 5.77. The molecular formula is C12H18N2O3S. The predicted molar refractivity (Wildman–Crippen MR) is 71.3 cm³/mol. The Bertz CT molecular complexity index is 495. The average molecular weight is 270 g/mol. The number of nitrogens with one attached hydrogen (secondary N) is 2. The number of hydrogen-bond acceptors (Lipinski definition) is 4. The van der Waals surface area contributed by atoms with E-state index in [-0.39, 0.29) is 11.7 Å². The summed E-state index contributed by atoms with van der Waals surface area (Å²) in [5, 5.41) is 5.75. The second kappa shape index (κ2) is 6.39. The van der Waals surface area contributed by atoms with E-state index < -0.39 is 9.84 Å². The smallest absolute Gasteiger partial charge is 0.216 e. The Labute approximate surface area is 108 Å². The van der Waals surface area contributed by atoms with Gasteiger partial charge in [0.1, 0.15) is 0 Å². The highest BCUT2D eigenvalue weighted by molar-refractivity contribution is 7.91. The van der Waals surface area contributed by atoms with Crippen molar-refractivity contribution in [1.29, 1.82) is 0 Å². The van der Waals surface area contributed by atoms with Crippen LogP contribution in [0.2, 0.25) is 0 Å². The standard InChI is InChI=1S/C12H18N2O3S/c1-3-18(16,17)12-6-4-11(5-7-12)14-9-8-13-10(2)15/h4-7,14H,3,8-9H2,1-2H3,(H,13,15). The van der Waals surface area contributed by atoms with Crippen molar-refractivity contribution in [2.24, 2.45) is 0 Å². The van der Waals surface area contributed by atoms with Crippen LogP contribution in [0.1, 0.15) is 13.8 Å². The SMILES string of the molecule is CCS(=O)(=O)c1ccc(NCCNC(C)=O)cc1. The fraction of sp³-hybridized carbons (Fsp3) is 0.417. The Morgan fingerprint density at radius 2 is 1.78 bits per heavy atom. The second-order valence-corrected chi connectivity index (χ2v) is 6.12. The Kier molecular flexibility index (Phi) is 5.15. The minimum atomic E-state index is -3.14. The fourth-order valence-corrected chi connectivity index (χ4v) is 2.28. The van der Waals surface area contributed by atoms with Crippen LogP contribution < -0.4 is 10.6 Å². The first kappa shape index (κ1) is 14.5. The molecule has 0 aliphatic heterocycles. The van der Waals surface area contributed by atoms with Gasteiger partial charge < -0.3 is 10.6 Å². The van der Waals surface area contributed by atoms with Gasteiger partial charge in [-0.1, -0.05) is 6.92 Å². The summed E-state index contributed by atoms with van der Waals surface area (Å²) in [7, 11) is -3.14. The van der Waals surface area contributed by atoms with E-state index in [9.17, 15) is 13.2 Å². The van der Waals surface area contributed by atoms with Gasteiger partial charge in [-0.15, -0.1) is 0 Å². The summed E-state index contributed by atoms with van der Waals surface area (Å²) in [6.45, 7) is 4.21. The fourth-order valence-electron chi connectivity index (χ4n) is 1.39. The molecule has 100 valence electrons. The van der Waals surface area contributed by atoms with Crippen LogP contribution in [0.25, 0.3) is 0 Å². The molecule has 1 amide bonds. The largest absolute Gasteiger partial charge is 0.383 e. The normalized spacial score (nSPS) is 11.0. The third-order valence-electron chi connectivity index (χ3n) is 2.42. The molecule has 0 saturated carbocycles.